The van der Waals surface area contributed by atoms with E-state index in [1.165, 1.54) is 0 Å². The Morgan fingerprint density at radius 2 is 2.24 bits per heavy atom. The summed E-state index contributed by atoms with van der Waals surface area (Å²) in [5.41, 5.74) is -0.0783. The maximum Gasteiger partial charge on any atom is 0.205 e. The Labute approximate surface area is 129 Å². The van der Waals surface area contributed by atoms with Crippen molar-refractivity contribution in [1.82, 2.24) is 5.32 Å². The molecule has 0 radical (unpaired) electrons. The molecule has 5 heteroatoms. The highest BCUT2D eigenvalue weighted by atomic mass is 35.5. The maximum atomic E-state index is 12.8. The van der Waals surface area contributed by atoms with Gasteiger partial charge in [-0.3, -0.25) is 4.79 Å². The third kappa shape index (κ3) is 2.27. The molecule has 1 saturated carbocycles. The van der Waals surface area contributed by atoms with E-state index in [2.05, 4.69) is 5.32 Å². The molecule has 21 heavy (non-hydrogen) atoms. The fraction of sp³-hybridized carbons (Fsp3) is 0.500. The van der Waals surface area contributed by atoms with Crippen LogP contribution in [-0.2, 0) is 15.1 Å². The topological polar surface area (TPSA) is 50.7 Å². The summed E-state index contributed by atoms with van der Waals surface area (Å²) in [6.45, 7) is 1.98. The van der Waals surface area contributed by atoms with Crippen LogP contribution in [0.1, 0.15) is 31.7 Å². The van der Waals surface area contributed by atoms with Gasteiger partial charge in [0.05, 0.1) is 6.04 Å². The largest absolute Gasteiger partial charge is 0.468 e. The van der Waals surface area contributed by atoms with Crippen LogP contribution in [0.2, 0.25) is 5.02 Å². The van der Waals surface area contributed by atoms with Crippen molar-refractivity contribution >= 4 is 23.3 Å². The molecule has 1 aromatic rings. The number of Topliss-reactive ketones (excluding diaryl/α,β-unsaturated/α-hetero) is 1. The number of rotatable bonds is 3. The van der Waals surface area contributed by atoms with Gasteiger partial charge in [0.15, 0.2) is 11.6 Å². The van der Waals surface area contributed by atoms with E-state index in [1.54, 1.807) is 0 Å². The fourth-order valence-corrected chi connectivity index (χ4v) is 3.39. The van der Waals surface area contributed by atoms with Crippen LogP contribution < -0.4 is 5.32 Å². The predicted molar refractivity (Wildman–Crippen MR) is 82.8 cm³/mol. The van der Waals surface area contributed by atoms with Crippen LogP contribution in [0.5, 0.6) is 0 Å². The second-order valence-corrected chi connectivity index (χ2v) is 6.07. The standard InChI is InChI=1S/C16H19ClN2O2/c1-10(18-2)15-19-16(11-6-3-4-7-12(11)17)9-5-8-13(21-15)14(16)20/h3-4,6-7,10,13,18H,5,8-9H2,1-2H3/t10?,13-,16-/m0/s1. The summed E-state index contributed by atoms with van der Waals surface area (Å²) in [4.78, 5) is 17.5. The number of likely N-dealkylation sites (N-methyl/N-ethyl adjacent to an activating group) is 1. The lowest BCUT2D eigenvalue weighted by molar-refractivity contribution is -0.137. The number of carbonyl (C=O) groups is 1. The smallest absolute Gasteiger partial charge is 0.205 e. The number of benzene rings is 1. The zero-order valence-electron chi connectivity index (χ0n) is 12.2. The van der Waals surface area contributed by atoms with Gasteiger partial charge in [-0.05, 0) is 39.3 Å². The molecule has 1 aromatic carbocycles. The molecular weight excluding hydrogens is 288 g/mol. The summed E-state index contributed by atoms with van der Waals surface area (Å²) in [7, 11) is 1.85. The highest BCUT2D eigenvalue weighted by molar-refractivity contribution is 6.32. The summed E-state index contributed by atoms with van der Waals surface area (Å²) in [5, 5.41) is 3.71. The molecule has 0 amide bonds. The van der Waals surface area contributed by atoms with Gasteiger partial charge >= 0.3 is 0 Å². The Morgan fingerprint density at radius 3 is 2.95 bits per heavy atom. The van der Waals surface area contributed by atoms with Crippen LogP contribution >= 0.6 is 11.6 Å². The van der Waals surface area contributed by atoms with E-state index in [-0.39, 0.29) is 11.8 Å². The number of halogens is 1. The summed E-state index contributed by atoms with van der Waals surface area (Å²) in [5.74, 6) is 0.635. The first-order valence-corrected chi connectivity index (χ1v) is 7.69. The molecule has 1 unspecified atom stereocenters. The van der Waals surface area contributed by atoms with Crippen LogP contribution in [-0.4, -0.2) is 30.9 Å². The Balaban J connectivity index is 2.16. The number of ether oxygens (including phenoxy) is 1. The van der Waals surface area contributed by atoms with Crippen molar-refractivity contribution in [3.05, 3.63) is 34.9 Å². The number of nitrogens with zero attached hydrogens (tertiary/aromatic N) is 1. The van der Waals surface area contributed by atoms with Crippen molar-refractivity contribution in [2.75, 3.05) is 7.05 Å². The Hall–Kier alpha value is -1.39. The average Bonchev–Trinajstić information content (AvgIpc) is 2.47. The molecule has 1 heterocycles. The highest BCUT2D eigenvalue weighted by Crippen LogP contribution is 2.44. The first-order valence-electron chi connectivity index (χ1n) is 7.31. The SMILES string of the molecule is CNC(C)C1=N[C@]2(c3ccccc3Cl)CCC[C@H](O1)C2=O. The number of fused-ring (bicyclic) bond motifs is 2. The van der Waals surface area contributed by atoms with Crippen LogP contribution in [0.15, 0.2) is 29.3 Å². The summed E-state index contributed by atoms with van der Waals surface area (Å²) in [6, 6.07) is 7.46. The fourth-order valence-electron chi connectivity index (χ4n) is 3.09. The van der Waals surface area contributed by atoms with Gasteiger partial charge in [-0.25, -0.2) is 4.99 Å². The van der Waals surface area contributed by atoms with E-state index < -0.39 is 11.6 Å². The first-order chi connectivity index (χ1) is 10.1. The van der Waals surface area contributed by atoms with Crippen molar-refractivity contribution in [2.45, 2.75) is 43.9 Å². The molecule has 1 aliphatic heterocycles. The molecule has 1 fully saturated rings. The van der Waals surface area contributed by atoms with Crippen molar-refractivity contribution < 1.29 is 9.53 Å². The van der Waals surface area contributed by atoms with Gasteiger partial charge in [0.25, 0.3) is 0 Å². The minimum atomic E-state index is -0.875. The Morgan fingerprint density at radius 1 is 1.48 bits per heavy atom. The third-order valence-corrected chi connectivity index (χ3v) is 4.72. The van der Waals surface area contributed by atoms with Gasteiger partial charge in [0, 0.05) is 10.6 Å². The summed E-state index contributed by atoms with van der Waals surface area (Å²) >= 11 is 6.35. The number of ketones is 1. The molecule has 2 bridgehead atoms. The van der Waals surface area contributed by atoms with Crippen molar-refractivity contribution in [2.24, 2.45) is 4.99 Å². The van der Waals surface area contributed by atoms with Gasteiger partial charge < -0.3 is 10.1 Å². The molecule has 2 aliphatic rings. The second-order valence-electron chi connectivity index (χ2n) is 5.66. The van der Waals surface area contributed by atoms with Crippen LogP contribution in [0.4, 0.5) is 0 Å². The number of carbonyl (C=O) groups excluding carboxylic acids is 1. The van der Waals surface area contributed by atoms with Crippen LogP contribution in [0.25, 0.3) is 0 Å². The van der Waals surface area contributed by atoms with E-state index in [1.807, 2.05) is 38.2 Å². The van der Waals surface area contributed by atoms with Crippen molar-refractivity contribution in [3.63, 3.8) is 0 Å². The van der Waals surface area contributed by atoms with E-state index in [9.17, 15) is 4.79 Å². The molecule has 1 N–H and O–H groups in total. The van der Waals surface area contributed by atoms with Gasteiger partial charge in [0.2, 0.25) is 11.7 Å². The Bertz CT molecular complexity index is 602. The lowest BCUT2D eigenvalue weighted by Gasteiger charge is -2.42. The lowest BCUT2D eigenvalue weighted by Crippen LogP contribution is -2.53. The van der Waals surface area contributed by atoms with Gasteiger partial charge in [0.1, 0.15) is 0 Å². The second kappa shape index (κ2) is 5.43. The molecule has 112 valence electrons. The van der Waals surface area contributed by atoms with Gasteiger partial charge in [-0.2, -0.15) is 0 Å². The monoisotopic (exact) mass is 306 g/mol. The number of hydrogen-bond donors (Lipinski definition) is 1. The van der Waals surface area contributed by atoms with E-state index in [4.69, 9.17) is 21.3 Å². The summed E-state index contributed by atoms with van der Waals surface area (Å²) in [6.07, 6.45) is 1.95. The average molecular weight is 307 g/mol. The highest BCUT2D eigenvalue weighted by Gasteiger charge is 2.52. The molecule has 0 aromatic heterocycles. The van der Waals surface area contributed by atoms with Gasteiger partial charge in [-0.1, -0.05) is 29.8 Å². The molecule has 1 aliphatic carbocycles. The van der Waals surface area contributed by atoms with Crippen LogP contribution in [0, 0.1) is 0 Å². The third-order valence-electron chi connectivity index (χ3n) is 4.39. The normalized spacial score (nSPS) is 29.6. The predicted octanol–water partition coefficient (Wildman–Crippen LogP) is 2.69. The van der Waals surface area contributed by atoms with E-state index in [0.29, 0.717) is 17.3 Å². The molecule has 4 nitrogen and oxygen atoms in total. The Kier molecular flexibility index (Phi) is 3.76. The molecule has 3 atom stereocenters. The minimum Gasteiger partial charge on any atom is -0.468 e. The lowest BCUT2D eigenvalue weighted by atomic mass is 9.74. The molecule has 0 spiro atoms. The molecule has 0 saturated heterocycles. The van der Waals surface area contributed by atoms with Crippen LogP contribution in [0.3, 0.4) is 0 Å². The molecule has 3 rings (SSSR count). The first kappa shape index (κ1) is 14.5. The number of aliphatic imine (C=N–C) groups is 1. The number of hydrogen-bond acceptors (Lipinski definition) is 4. The summed E-state index contributed by atoms with van der Waals surface area (Å²) < 4.78 is 5.80. The van der Waals surface area contributed by atoms with Crippen molar-refractivity contribution in [1.29, 1.82) is 0 Å². The van der Waals surface area contributed by atoms with E-state index in [0.717, 1.165) is 18.4 Å². The zero-order valence-corrected chi connectivity index (χ0v) is 13.0. The zero-order chi connectivity index (χ0) is 15.0. The van der Waals surface area contributed by atoms with Gasteiger partial charge in [-0.15, -0.1) is 0 Å². The molecular formula is C16H19ClN2O2. The number of nitrogens with one attached hydrogen (secondary N) is 1. The quantitative estimate of drug-likeness (QED) is 0.934. The maximum absolute atomic E-state index is 12.8. The van der Waals surface area contributed by atoms with E-state index >= 15 is 0 Å². The van der Waals surface area contributed by atoms with Crippen molar-refractivity contribution in [3.8, 4) is 0 Å². The minimum absolute atomic E-state index is 0.0273.